The van der Waals surface area contributed by atoms with Gasteiger partial charge in [-0.15, -0.1) is 0 Å². The van der Waals surface area contributed by atoms with Crippen molar-refractivity contribution in [1.82, 2.24) is 10.1 Å². The molecule has 0 aromatic carbocycles. The third kappa shape index (κ3) is 1.82. The van der Waals surface area contributed by atoms with Crippen molar-refractivity contribution in [3.05, 3.63) is 11.7 Å². The lowest BCUT2D eigenvalue weighted by Gasteiger charge is -2.15. The van der Waals surface area contributed by atoms with Crippen molar-refractivity contribution < 1.29 is 22.4 Å². The quantitative estimate of drug-likeness (QED) is 0.757. The van der Waals surface area contributed by atoms with Gasteiger partial charge in [0.15, 0.2) is 0 Å². The van der Waals surface area contributed by atoms with Crippen LogP contribution in [0.5, 0.6) is 0 Å². The van der Waals surface area contributed by atoms with Crippen LogP contribution in [-0.2, 0) is 16.5 Å². The molecule has 1 aliphatic heterocycles. The molecule has 0 amide bonds. The van der Waals surface area contributed by atoms with Crippen LogP contribution >= 0.6 is 0 Å². The molecule has 0 spiro atoms. The van der Waals surface area contributed by atoms with E-state index in [2.05, 4.69) is 14.7 Å². The van der Waals surface area contributed by atoms with Gasteiger partial charge in [0, 0.05) is 6.61 Å². The molecular formula is C7H8F3N3O2. The summed E-state index contributed by atoms with van der Waals surface area (Å²) in [5.74, 6) is -1.54. The Kier molecular flexibility index (Phi) is 2.19. The summed E-state index contributed by atoms with van der Waals surface area (Å²) in [4.78, 5) is 3.23. The Labute approximate surface area is 82.4 Å². The summed E-state index contributed by atoms with van der Waals surface area (Å²) < 4.78 is 45.9. The van der Waals surface area contributed by atoms with Gasteiger partial charge in [-0.2, -0.15) is 18.2 Å². The van der Waals surface area contributed by atoms with E-state index >= 15 is 0 Å². The van der Waals surface area contributed by atoms with E-state index in [-0.39, 0.29) is 12.5 Å². The minimum Gasteiger partial charge on any atom is -0.379 e. The monoisotopic (exact) mass is 223 g/mol. The first-order valence-corrected chi connectivity index (χ1v) is 4.20. The van der Waals surface area contributed by atoms with Crippen LogP contribution in [0.4, 0.5) is 13.2 Å². The van der Waals surface area contributed by atoms with Crippen LogP contribution in [0.1, 0.15) is 18.1 Å². The number of halogens is 3. The van der Waals surface area contributed by atoms with Gasteiger partial charge >= 0.3 is 6.18 Å². The molecule has 8 heteroatoms. The lowest BCUT2D eigenvalue weighted by Crippen LogP contribution is -2.37. The largest absolute Gasteiger partial charge is 0.455 e. The van der Waals surface area contributed by atoms with Crippen molar-refractivity contribution in [2.24, 2.45) is 5.73 Å². The summed E-state index contributed by atoms with van der Waals surface area (Å²) >= 11 is 0. The molecular weight excluding hydrogens is 215 g/mol. The summed E-state index contributed by atoms with van der Waals surface area (Å²) in [6.07, 6.45) is -4.25. The van der Waals surface area contributed by atoms with E-state index in [9.17, 15) is 13.2 Å². The molecule has 2 heterocycles. The second-order valence-corrected chi connectivity index (χ2v) is 3.38. The highest BCUT2D eigenvalue weighted by molar-refractivity contribution is 5.05. The molecule has 15 heavy (non-hydrogen) atoms. The zero-order valence-corrected chi connectivity index (χ0v) is 7.54. The molecule has 0 bridgehead atoms. The van der Waals surface area contributed by atoms with Crippen molar-refractivity contribution in [3.63, 3.8) is 0 Å². The molecule has 1 aromatic heterocycles. The van der Waals surface area contributed by atoms with E-state index in [0.717, 1.165) is 0 Å². The van der Waals surface area contributed by atoms with E-state index in [0.29, 0.717) is 13.0 Å². The van der Waals surface area contributed by atoms with Crippen molar-refractivity contribution in [2.75, 3.05) is 13.2 Å². The predicted molar refractivity (Wildman–Crippen MR) is 40.6 cm³/mol. The minimum atomic E-state index is -4.61. The molecule has 0 saturated carbocycles. The maximum atomic E-state index is 12.2. The minimum absolute atomic E-state index is 0.0898. The van der Waals surface area contributed by atoms with E-state index < -0.39 is 17.5 Å². The molecule has 0 aliphatic carbocycles. The molecule has 84 valence electrons. The Morgan fingerprint density at radius 2 is 2.13 bits per heavy atom. The molecule has 2 rings (SSSR count). The number of hydrogen-bond donors (Lipinski definition) is 1. The third-order valence-electron chi connectivity index (χ3n) is 2.16. The van der Waals surface area contributed by atoms with E-state index in [4.69, 9.17) is 10.5 Å². The van der Waals surface area contributed by atoms with E-state index in [1.807, 2.05) is 0 Å². The lowest BCUT2D eigenvalue weighted by molar-refractivity contribution is -0.146. The number of nitrogens with zero attached hydrogens (tertiary/aromatic N) is 2. The predicted octanol–water partition coefficient (Wildman–Crippen LogP) is 0.663. The topological polar surface area (TPSA) is 74.2 Å². The zero-order chi connectivity index (χ0) is 11.1. The van der Waals surface area contributed by atoms with Crippen LogP contribution < -0.4 is 5.73 Å². The Morgan fingerprint density at radius 3 is 2.60 bits per heavy atom. The number of aromatic nitrogens is 2. The standard InChI is InChI=1S/C7H8F3N3O2/c8-7(9,10)4-12-5(15-13-4)6(11)1-2-14-3-6/h1-3,11H2. The highest BCUT2D eigenvalue weighted by Gasteiger charge is 2.43. The fraction of sp³-hybridized carbons (Fsp3) is 0.714. The number of nitrogens with two attached hydrogens (primary N) is 1. The Morgan fingerprint density at radius 1 is 1.40 bits per heavy atom. The van der Waals surface area contributed by atoms with E-state index in [1.165, 1.54) is 0 Å². The smallest absolute Gasteiger partial charge is 0.379 e. The highest BCUT2D eigenvalue weighted by atomic mass is 19.4. The van der Waals surface area contributed by atoms with Crippen LogP contribution in [0.15, 0.2) is 4.52 Å². The maximum absolute atomic E-state index is 12.2. The van der Waals surface area contributed by atoms with Gasteiger partial charge in [0.1, 0.15) is 5.54 Å². The normalized spacial score (nSPS) is 27.2. The molecule has 2 N–H and O–H groups in total. The van der Waals surface area contributed by atoms with Crippen molar-refractivity contribution >= 4 is 0 Å². The number of ether oxygens (including phenoxy) is 1. The van der Waals surface area contributed by atoms with Gasteiger partial charge in [0.05, 0.1) is 6.61 Å². The summed E-state index contributed by atoms with van der Waals surface area (Å²) in [7, 11) is 0. The van der Waals surface area contributed by atoms with Gasteiger partial charge < -0.3 is 15.0 Å². The molecule has 1 unspecified atom stereocenters. The summed E-state index contributed by atoms with van der Waals surface area (Å²) in [5, 5.41) is 2.83. The van der Waals surface area contributed by atoms with Crippen LogP contribution in [-0.4, -0.2) is 23.4 Å². The number of rotatable bonds is 1. The number of alkyl halides is 3. The van der Waals surface area contributed by atoms with Gasteiger partial charge in [-0.05, 0) is 6.42 Å². The molecule has 1 aliphatic rings. The average Bonchev–Trinajstić information content (AvgIpc) is 2.69. The van der Waals surface area contributed by atoms with Gasteiger partial charge in [-0.1, -0.05) is 5.16 Å². The van der Waals surface area contributed by atoms with Crippen LogP contribution in [0.25, 0.3) is 0 Å². The molecule has 1 fully saturated rings. The Balaban J connectivity index is 2.27. The summed E-state index contributed by atoms with van der Waals surface area (Å²) in [6, 6.07) is 0. The Bertz CT molecular complexity index is 357. The molecule has 1 atom stereocenters. The van der Waals surface area contributed by atoms with Crippen LogP contribution in [0.2, 0.25) is 0 Å². The van der Waals surface area contributed by atoms with Gasteiger partial charge in [0.2, 0.25) is 5.89 Å². The summed E-state index contributed by atoms with van der Waals surface area (Å²) in [5.41, 5.74) is 4.66. The van der Waals surface area contributed by atoms with Crippen LogP contribution in [0, 0.1) is 0 Å². The first kappa shape index (κ1) is 10.4. The average molecular weight is 223 g/mol. The van der Waals surface area contributed by atoms with Crippen molar-refractivity contribution in [3.8, 4) is 0 Å². The first-order valence-electron chi connectivity index (χ1n) is 4.20. The zero-order valence-electron chi connectivity index (χ0n) is 7.54. The van der Waals surface area contributed by atoms with Crippen molar-refractivity contribution in [1.29, 1.82) is 0 Å². The van der Waals surface area contributed by atoms with E-state index in [1.54, 1.807) is 0 Å². The lowest BCUT2D eigenvalue weighted by atomic mass is 10.0. The van der Waals surface area contributed by atoms with Gasteiger partial charge in [-0.25, -0.2) is 0 Å². The molecule has 5 nitrogen and oxygen atoms in total. The fourth-order valence-electron chi connectivity index (χ4n) is 1.29. The number of hydrogen-bond acceptors (Lipinski definition) is 5. The third-order valence-corrected chi connectivity index (χ3v) is 2.16. The second kappa shape index (κ2) is 3.17. The molecule has 1 saturated heterocycles. The molecule has 1 aromatic rings. The summed E-state index contributed by atoms with van der Waals surface area (Å²) in [6.45, 7) is 0.465. The first-order chi connectivity index (χ1) is 6.92. The Hall–Kier alpha value is -1.15. The van der Waals surface area contributed by atoms with Crippen molar-refractivity contribution in [2.45, 2.75) is 18.1 Å². The molecule has 0 radical (unpaired) electrons. The van der Waals surface area contributed by atoms with Crippen LogP contribution in [0.3, 0.4) is 0 Å². The van der Waals surface area contributed by atoms with Gasteiger partial charge in [-0.3, -0.25) is 0 Å². The van der Waals surface area contributed by atoms with Gasteiger partial charge in [0.25, 0.3) is 5.82 Å². The maximum Gasteiger partial charge on any atom is 0.455 e. The SMILES string of the molecule is NC1(c2nc(C(F)(F)F)no2)CCOC1. The fourth-order valence-corrected chi connectivity index (χ4v) is 1.29. The second-order valence-electron chi connectivity index (χ2n) is 3.38. The highest BCUT2D eigenvalue weighted by Crippen LogP contribution is 2.31.